The van der Waals surface area contributed by atoms with Crippen molar-refractivity contribution >= 4 is 35.7 Å². The SMILES string of the molecule is NC(=O)c1ccc(C(=O)O)c(CCc2c(C(=O)O)ccc(C(N)=O)c2C(=O)O)c1C(=O)O. The topological polar surface area (TPSA) is 235 Å². The molecule has 2 amide bonds. The number of hydrogen-bond donors (Lipinski definition) is 6. The minimum atomic E-state index is -1.67. The van der Waals surface area contributed by atoms with E-state index >= 15 is 0 Å². The summed E-state index contributed by atoms with van der Waals surface area (Å²) in [5.74, 6) is -8.70. The summed E-state index contributed by atoms with van der Waals surface area (Å²) < 4.78 is 0. The maximum absolute atomic E-state index is 11.8. The van der Waals surface area contributed by atoms with E-state index in [0.717, 1.165) is 24.3 Å². The molecule has 32 heavy (non-hydrogen) atoms. The van der Waals surface area contributed by atoms with Crippen molar-refractivity contribution in [3.05, 3.63) is 68.8 Å². The quantitative estimate of drug-likeness (QED) is 0.312. The van der Waals surface area contributed by atoms with E-state index in [4.69, 9.17) is 11.5 Å². The summed E-state index contributed by atoms with van der Waals surface area (Å²) in [6.07, 6.45) is -1.01. The van der Waals surface area contributed by atoms with Crippen LogP contribution < -0.4 is 11.5 Å². The predicted octanol–water partition coefficient (Wildman–Crippen LogP) is 0.462. The molecule has 2 aromatic rings. The smallest absolute Gasteiger partial charge is 0.336 e. The second-order valence-electron chi connectivity index (χ2n) is 6.48. The first kappa shape index (κ1) is 23.5. The molecule has 0 atom stereocenters. The summed E-state index contributed by atoms with van der Waals surface area (Å²) in [7, 11) is 0. The molecule has 0 unspecified atom stereocenters. The monoisotopic (exact) mass is 444 g/mol. The summed E-state index contributed by atoms with van der Waals surface area (Å²) in [4.78, 5) is 70.1. The third-order valence-electron chi connectivity index (χ3n) is 4.67. The minimum absolute atomic E-state index is 0.376. The molecule has 0 fully saturated rings. The highest BCUT2D eigenvalue weighted by atomic mass is 16.4. The van der Waals surface area contributed by atoms with Crippen molar-refractivity contribution in [2.45, 2.75) is 12.8 Å². The number of carbonyl (C=O) groups excluding carboxylic acids is 2. The van der Waals surface area contributed by atoms with Crippen molar-refractivity contribution < 1.29 is 49.2 Å². The molecule has 0 aliphatic rings. The first-order valence-electron chi connectivity index (χ1n) is 8.72. The van der Waals surface area contributed by atoms with Crippen molar-refractivity contribution in [2.24, 2.45) is 11.5 Å². The highest BCUT2D eigenvalue weighted by Crippen LogP contribution is 2.26. The van der Waals surface area contributed by atoms with E-state index in [0.29, 0.717) is 0 Å². The second-order valence-corrected chi connectivity index (χ2v) is 6.48. The van der Waals surface area contributed by atoms with Crippen molar-refractivity contribution in [3.8, 4) is 0 Å². The van der Waals surface area contributed by atoms with Gasteiger partial charge in [0.05, 0.1) is 33.4 Å². The van der Waals surface area contributed by atoms with Gasteiger partial charge in [0.25, 0.3) is 0 Å². The number of aromatic carboxylic acids is 4. The van der Waals surface area contributed by atoms with Crippen LogP contribution in [0.3, 0.4) is 0 Å². The van der Waals surface area contributed by atoms with Gasteiger partial charge in [-0.05, 0) is 48.2 Å². The zero-order valence-electron chi connectivity index (χ0n) is 16.1. The Morgan fingerprint density at radius 1 is 0.531 bits per heavy atom. The van der Waals surface area contributed by atoms with Crippen molar-refractivity contribution in [2.75, 3.05) is 0 Å². The number of carbonyl (C=O) groups is 6. The summed E-state index contributed by atoms with van der Waals surface area (Å²) in [6.45, 7) is 0. The highest BCUT2D eigenvalue weighted by molar-refractivity contribution is 6.08. The van der Waals surface area contributed by atoms with Crippen LogP contribution in [0.1, 0.15) is 73.3 Å². The number of hydrogen-bond acceptors (Lipinski definition) is 6. The fourth-order valence-corrected chi connectivity index (χ4v) is 3.36. The molecular weight excluding hydrogens is 428 g/mol. The second kappa shape index (κ2) is 8.95. The van der Waals surface area contributed by atoms with E-state index in [1.165, 1.54) is 0 Å². The van der Waals surface area contributed by atoms with Crippen molar-refractivity contribution in [1.29, 1.82) is 0 Å². The van der Waals surface area contributed by atoms with Crippen molar-refractivity contribution in [1.82, 2.24) is 0 Å². The first-order valence-corrected chi connectivity index (χ1v) is 8.72. The molecule has 0 radical (unpaired) electrons. The summed E-state index contributed by atoms with van der Waals surface area (Å²) in [5, 5.41) is 38.0. The summed E-state index contributed by atoms with van der Waals surface area (Å²) >= 11 is 0. The Morgan fingerprint density at radius 3 is 1.03 bits per heavy atom. The molecular formula is C20H16N2O10. The van der Waals surface area contributed by atoms with Gasteiger partial charge in [0, 0.05) is 0 Å². The number of benzene rings is 2. The Labute approximate surface area is 178 Å². The number of carboxylic acid groups (broad SMARTS) is 4. The lowest BCUT2D eigenvalue weighted by atomic mass is 9.87. The summed E-state index contributed by atoms with van der Waals surface area (Å²) in [5.41, 5.74) is 6.20. The van der Waals surface area contributed by atoms with E-state index in [-0.39, 0.29) is 11.1 Å². The fraction of sp³-hybridized carbons (Fsp3) is 0.100. The highest BCUT2D eigenvalue weighted by Gasteiger charge is 2.28. The number of primary amides is 2. The van der Waals surface area contributed by atoms with Crippen LogP contribution in [-0.4, -0.2) is 56.1 Å². The van der Waals surface area contributed by atoms with Crippen molar-refractivity contribution in [3.63, 3.8) is 0 Å². The Kier molecular flexibility index (Phi) is 6.59. The molecule has 8 N–H and O–H groups in total. The zero-order valence-corrected chi connectivity index (χ0v) is 16.1. The Balaban J connectivity index is 2.79. The maximum atomic E-state index is 11.8. The Morgan fingerprint density at radius 2 is 0.812 bits per heavy atom. The van der Waals surface area contributed by atoms with Gasteiger partial charge in [-0.2, -0.15) is 0 Å². The van der Waals surface area contributed by atoms with E-state index in [2.05, 4.69) is 0 Å². The lowest BCUT2D eigenvalue weighted by Crippen LogP contribution is -2.22. The molecule has 2 rings (SSSR count). The van der Waals surface area contributed by atoms with Gasteiger partial charge in [-0.3, -0.25) is 9.59 Å². The normalized spacial score (nSPS) is 10.4. The van der Waals surface area contributed by atoms with Gasteiger partial charge >= 0.3 is 23.9 Å². The fourth-order valence-electron chi connectivity index (χ4n) is 3.36. The number of carboxylic acids is 4. The molecule has 0 aliphatic carbocycles. The minimum Gasteiger partial charge on any atom is -0.478 e. The van der Waals surface area contributed by atoms with Gasteiger partial charge in [0.15, 0.2) is 0 Å². The van der Waals surface area contributed by atoms with E-state index in [1.54, 1.807) is 0 Å². The van der Waals surface area contributed by atoms with Gasteiger partial charge in [-0.1, -0.05) is 0 Å². The van der Waals surface area contributed by atoms with E-state index in [1.807, 2.05) is 0 Å². The average molecular weight is 444 g/mol. The molecule has 166 valence electrons. The first-order chi connectivity index (χ1) is 14.9. The van der Waals surface area contributed by atoms with Crippen LogP contribution in [0.5, 0.6) is 0 Å². The van der Waals surface area contributed by atoms with E-state index in [9.17, 15) is 49.2 Å². The molecule has 12 nitrogen and oxygen atoms in total. The zero-order chi connectivity index (χ0) is 24.3. The van der Waals surface area contributed by atoms with Gasteiger partial charge in [0.2, 0.25) is 11.8 Å². The molecule has 0 saturated heterocycles. The van der Waals surface area contributed by atoms with Crippen LogP contribution >= 0.6 is 0 Å². The lowest BCUT2D eigenvalue weighted by molar-refractivity contribution is 0.0670. The average Bonchev–Trinajstić information content (AvgIpc) is 2.69. The van der Waals surface area contributed by atoms with Crippen LogP contribution in [0.15, 0.2) is 24.3 Å². The molecule has 2 aromatic carbocycles. The van der Waals surface area contributed by atoms with Crippen LogP contribution in [-0.2, 0) is 12.8 Å². The molecule has 0 saturated carbocycles. The van der Waals surface area contributed by atoms with Crippen LogP contribution in [0, 0.1) is 0 Å². The Hall–Kier alpha value is -4.74. The molecule has 0 aromatic heterocycles. The summed E-state index contributed by atoms with van der Waals surface area (Å²) in [6, 6.07) is 3.77. The van der Waals surface area contributed by atoms with Crippen LogP contribution in [0.25, 0.3) is 0 Å². The standard InChI is InChI=1S/C20H16N2O10/c21-15(23)11-5-3-9(17(25)26)7(13(11)19(29)30)1-2-8-10(18(27)28)4-6-12(16(22)24)14(8)20(31)32/h3-6H,1-2H2,(H2,21,23)(H2,22,24)(H,25,26)(H,27,28)(H,29,30)(H,31,32). The van der Waals surface area contributed by atoms with Crippen LogP contribution in [0.4, 0.5) is 0 Å². The molecule has 12 heteroatoms. The predicted molar refractivity (Wildman–Crippen MR) is 105 cm³/mol. The van der Waals surface area contributed by atoms with Gasteiger partial charge < -0.3 is 31.9 Å². The van der Waals surface area contributed by atoms with E-state index < -0.39 is 81.9 Å². The molecule has 0 aliphatic heterocycles. The van der Waals surface area contributed by atoms with Gasteiger partial charge in [-0.25, -0.2) is 19.2 Å². The molecule has 0 bridgehead atoms. The number of nitrogens with two attached hydrogens (primary N) is 2. The maximum Gasteiger partial charge on any atom is 0.336 e. The number of rotatable bonds is 9. The molecule has 0 heterocycles. The third kappa shape index (κ3) is 4.38. The third-order valence-corrected chi connectivity index (χ3v) is 4.67. The van der Waals surface area contributed by atoms with Gasteiger partial charge in [-0.15, -0.1) is 0 Å². The Bertz CT molecular complexity index is 1110. The largest absolute Gasteiger partial charge is 0.478 e. The molecule has 0 spiro atoms. The number of amides is 2. The lowest BCUT2D eigenvalue weighted by Gasteiger charge is -2.16. The van der Waals surface area contributed by atoms with Crippen LogP contribution in [0.2, 0.25) is 0 Å². The van der Waals surface area contributed by atoms with Gasteiger partial charge in [0.1, 0.15) is 0 Å².